The highest BCUT2D eigenvalue weighted by molar-refractivity contribution is 5.77. The molecule has 0 fully saturated rings. The number of hydrogen-bond donors (Lipinski definition) is 1. The van der Waals surface area contributed by atoms with Crippen molar-refractivity contribution in [2.45, 2.75) is 52.9 Å². The van der Waals surface area contributed by atoms with Crippen LogP contribution in [0, 0.1) is 13.8 Å². The van der Waals surface area contributed by atoms with E-state index in [1.165, 1.54) is 18.1 Å². The van der Waals surface area contributed by atoms with E-state index in [1.807, 2.05) is 26.0 Å². The molecule has 0 bridgehead atoms. The topological polar surface area (TPSA) is 55.8 Å². The number of ketones is 1. The Morgan fingerprint density at radius 3 is 1.82 bits per heavy atom. The van der Waals surface area contributed by atoms with Gasteiger partial charge >= 0.3 is 0 Å². The standard InChI is InChI=1S/C24H32O4/c1-6-24(7-2,20-8-10-22(17(3)14-20)27-13-12-25)21-9-11-23(18(4)15-21)28-16-19(5)26/h8-11,14-15,25H,6-7,12-13,16H2,1-5H3. The van der Waals surface area contributed by atoms with Crippen LogP contribution in [0.15, 0.2) is 36.4 Å². The maximum Gasteiger partial charge on any atom is 0.167 e. The fraction of sp³-hybridized carbons (Fsp3) is 0.458. The van der Waals surface area contributed by atoms with E-state index < -0.39 is 0 Å². The van der Waals surface area contributed by atoms with Crippen LogP contribution in [0.25, 0.3) is 0 Å². The van der Waals surface area contributed by atoms with Crippen molar-refractivity contribution < 1.29 is 19.4 Å². The van der Waals surface area contributed by atoms with E-state index in [4.69, 9.17) is 14.6 Å². The van der Waals surface area contributed by atoms with Crippen LogP contribution in [0.2, 0.25) is 0 Å². The second-order valence-corrected chi connectivity index (χ2v) is 7.31. The first kappa shape index (κ1) is 22.0. The Morgan fingerprint density at radius 1 is 0.929 bits per heavy atom. The summed E-state index contributed by atoms with van der Waals surface area (Å²) in [4.78, 5) is 11.2. The molecular formula is C24H32O4. The minimum atomic E-state index is -0.107. The average Bonchev–Trinajstić information content (AvgIpc) is 2.68. The first-order valence-corrected chi connectivity index (χ1v) is 9.96. The van der Waals surface area contributed by atoms with Crippen molar-refractivity contribution >= 4 is 5.78 Å². The second-order valence-electron chi connectivity index (χ2n) is 7.31. The summed E-state index contributed by atoms with van der Waals surface area (Å²) < 4.78 is 11.2. The molecular weight excluding hydrogens is 352 g/mol. The number of hydrogen-bond acceptors (Lipinski definition) is 4. The van der Waals surface area contributed by atoms with E-state index >= 15 is 0 Å². The molecule has 0 saturated carbocycles. The summed E-state index contributed by atoms with van der Waals surface area (Å²) in [6.45, 7) is 10.4. The molecule has 0 unspecified atom stereocenters. The van der Waals surface area contributed by atoms with Gasteiger partial charge in [0.05, 0.1) is 6.61 Å². The van der Waals surface area contributed by atoms with Crippen LogP contribution >= 0.6 is 0 Å². The molecule has 2 rings (SSSR count). The van der Waals surface area contributed by atoms with Crippen LogP contribution in [0.3, 0.4) is 0 Å². The fourth-order valence-corrected chi connectivity index (χ4v) is 3.79. The maximum absolute atomic E-state index is 11.2. The van der Waals surface area contributed by atoms with Crippen LogP contribution in [0.1, 0.15) is 55.9 Å². The Morgan fingerprint density at radius 2 is 1.43 bits per heavy atom. The van der Waals surface area contributed by atoms with Crippen LogP contribution in [0.5, 0.6) is 11.5 Å². The van der Waals surface area contributed by atoms with E-state index in [-0.39, 0.29) is 24.4 Å². The predicted molar refractivity (Wildman–Crippen MR) is 112 cm³/mol. The number of aryl methyl sites for hydroxylation is 2. The first-order chi connectivity index (χ1) is 13.4. The van der Waals surface area contributed by atoms with Gasteiger partial charge in [-0.2, -0.15) is 0 Å². The van der Waals surface area contributed by atoms with Crippen molar-refractivity contribution in [1.82, 2.24) is 0 Å². The lowest BCUT2D eigenvalue weighted by atomic mass is 9.70. The number of rotatable bonds is 10. The smallest absolute Gasteiger partial charge is 0.167 e. The first-order valence-electron chi connectivity index (χ1n) is 9.96. The van der Waals surface area contributed by atoms with Crippen molar-refractivity contribution in [2.24, 2.45) is 0 Å². The van der Waals surface area contributed by atoms with Crippen molar-refractivity contribution in [3.8, 4) is 11.5 Å². The molecule has 1 N–H and O–H groups in total. The minimum Gasteiger partial charge on any atom is -0.491 e. The van der Waals surface area contributed by atoms with Gasteiger partial charge in [-0.05, 0) is 68.0 Å². The number of carbonyl (C=O) groups excluding carboxylic acids is 1. The number of aliphatic hydroxyl groups excluding tert-OH is 1. The molecule has 4 nitrogen and oxygen atoms in total. The maximum atomic E-state index is 11.2. The lowest BCUT2D eigenvalue weighted by Crippen LogP contribution is -2.26. The SMILES string of the molecule is CCC(CC)(c1ccc(OCCO)c(C)c1)c1ccc(OCC(C)=O)c(C)c1. The monoisotopic (exact) mass is 384 g/mol. The molecule has 0 aliphatic rings. The van der Waals surface area contributed by atoms with Crippen molar-refractivity contribution in [3.63, 3.8) is 0 Å². The predicted octanol–water partition coefficient (Wildman–Crippen LogP) is 4.75. The fourth-order valence-electron chi connectivity index (χ4n) is 3.79. The van der Waals surface area contributed by atoms with Crippen molar-refractivity contribution in [3.05, 3.63) is 58.7 Å². The van der Waals surface area contributed by atoms with Gasteiger partial charge in [0.15, 0.2) is 5.78 Å². The van der Waals surface area contributed by atoms with Crippen molar-refractivity contribution in [2.75, 3.05) is 19.8 Å². The Hall–Kier alpha value is -2.33. The Kier molecular flexibility index (Phi) is 7.64. The van der Waals surface area contributed by atoms with Gasteiger partial charge in [-0.3, -0.25) is 4.79 Å². The lowest BCUT2D eigenvalue weighted by Gasteiger charge is -2.34. The Bertz CT molecular complexity index is 806. The van der Waals surface area contributed by atoms with E-state index in [9.17, 15) is 4.79 Å². The van der Waals surface area contributed by atoms with Gasteiger partial charge in [-0.25, -0.2) is 0 Å². The van der Waals surface area contributed by atoms with Gasteiger partial charge in [0.25, 0.3) is 0 Å². The summed E-state index contributed by atoms with van der Waals surface area (Å²) in [5.41, 5.74) is 4.49. The van der Waals surface area contributed by atoms with E-state index in [0.29, 0.717) is 6.61 Å². The molecule has 0 saturated heterocycles. The highest BCUT2D eigenvalue weighted by Gasteiger charge is 2.31. The molecule has 152 valence electrons. The molecule has 28 heavy (non-hydrogen) atoms. The summed E-state index contributed by atoms with van der Waals surface area (Å²) >= 11 is 0. The van der Waals surface area contributed by atoms with Gasteiger partial charge < -0.3 is 14.6 Å². The second kappa shape index (κ2) is 9.74. The highest BCUT2D eigenvalue weighted by Crippen LogP contribution is 2.41. The summed E-state index contributed by atoms with van der Waals surface area (Å²) in [5, 5.41) is 8.99. The molecule has 0 heterocycles. The zero-order valence-electron chi connectivity index (χ0n) is 17.7. The van der Waals surface area contributed by atoms with Gasteiger partial charge in [0.1, 0.15) is 24.7 Å². The van der Waals surface area contributed by atoms with E-state index in [2.05, 4.69) is 38.1 Å². The zero-order valence-corrected chi connectivity index (χ0v) is 17.7. The Balaban J connectivity index is 2.41. The van der Waals surface area contributed by atoms with Crippen LogP contribution in [0.4, 0.5) is 0 Å². The van der Waals surface area contributed by atoms with Crippen LogP contribution in [-0.2, 0) is 10.2 Å². The normalized spacial score (nSPS) is 11.4. The molecule has 0 aliphatic carbocycles. The number of carbonyl (C=O) groups is 1. The van der Waals surface area contributed by atoms with E-state index in [1.54, 1.807) is 0 Å². The lowest BCUT2D eigenvalue weighted by molar-refractivity contribution is -0.118. The summed E-state index contributed by atoms with van der Waals surface area (Å²) in [6, 6.07) is 12.6. The zero-order chi connectivity index (χ0) is 20.7. The van der Waals surface area contributed by atoms with Gasteiger partial charge in [0, 0.05) is 5.41 Å². The Labute approximate surface area is 168 Å². The molecule has 0 aromatic heterocycles. The molecule has 4 heteroatoms. The highest BCUT2D eigenvalue weighted by atomic mass is 16.5. The molecule has 2 aromatic rings. The molecule has 0 atom stereocenters. The largest absolute Gasteiger partial charge is 0.491 e. The van der Waals surface area contributed by atoms with Crippen LogP contribution < -0.4 is 9.47 Å². The number of aliphatic hydroxyl groups is 1. The summed E-state index contributed by atoms with van der Waals surface area (Å²) in [6.07, 6.45) is 1.93. The van der Waals surface area contributed by atoms with Gasteiger partial charge in [0.2, 0.25) is 0 Å². The molecule has 2 aromatic carbocycles. The summed E-state index contributed by atoms with van der Waals surface area (Å²) in [5.74, 6) is 1.57. The molecule has 0 spiro atoms. The van der Waals surface area contributed by atoms with Crippen molar-refractivity contribution in [1.29, 1.82) is 0 Å². The number of ether oxygens (including phenoxy) is 2. The van der Waals surface area contributed by atoms with Gasteiger partial charge in [-0.15, -0.1) is 0 Å². The minimum absolute atomic E-state index is 0.00632. The summed E-state index contributed by atoms with van der Waals surface area (Å²) in [7, 11) is 0. The van der Waals surface area contributed by atoms with Gasteiger partial charge in [-0.1, -0.05) is 38.1 Å². The third-order valence-electron chi connectivity index (χ3n) is 5.44. The van der Waals surface area contributed by atoms with E-state index in [0.717, 1.165) is 35.5 Å². The number of benzene rings is 2. The third kappa shape index (κ3) is 4.74. The molecule has 0 amide bonds. The molecule has 0 aliphatic heterocycles. The third-order valence-corrected chi connectivity index (χ3v) is 5.44. The quantitative estimate of drug-likeness (QED) is 0.642. The van der Waals surface area contributed by atoms with Crippen LogP contribution in [-0.4, -0.2) is 30.7 Å². The number of Topliss-reactive ketones (excluding diaryl/α,β-unsaturated/α-hetero) is 1. The average molecular weight is 385 g/mol. The molecule has 0 radical (unpaired) electrons.